The van der Waals surface area contributed by atoms with Gasteiger partial charge < -0.3 is 0 Å². The Morgan fingerprint density at radius 3 is 2.75 bits per heavy atom. The normalized spacial score (nSPS) is 11.4. The van der Waals surface area contributed by atoms with Crippen LogP contribution in [0.1, 0.15) is 25.3 Å². The SMILES string of the molecule is CCCCS(=O)(=O)Nc1cccc(CCl)c1. The van der Waals surface area contributed by atoms with Crippen LogP contribution >= 0.6 is 11.6 Å². The number of benzene rings is 1. The summed E-state index contributed by atoms with van der Waals surface area (Å²) < 4.78 is 25.8. The molecule has 0 aromatic heterocycles. The molecule has 0 amide bonds. The minimum Gasteiger partial charge on any atom is -0.284 e. The van der Waals surface area contributed by atoms with Crippen LogP contribution in [0.25, 0.3) is 0 Å². The van der Waals surface area contributed by atoms with Crippen LogP contribution in [-0.4, -0.2) is 14.2 Å². The molecule has 0 heterocycles. The quantitative estimate of drug-likeness (QED) is 0.801. The predicted molar refractivity (Wildman–Crippen MR) is 68.3 cm³/mol. The van der Waals surface area contributed by atoms with Crippen LogP contribution in [0.3, 0.4) is 0 Å². The second kappa shape index (κ2) is 6.11. The van der Waals surface area contributed by atoms with E-state index in [4.69, 9.17) is 11.6 Å². The molecule has 0 spiro atoms. The molecule has 90 valence electrons. The number of hydrogen-bond acceptors (Lipinski definition) is 2. The fourth-order valence-corrected chi connectivity index (χ4v) is 2.71. The third kappa shape index (κ3) is 4.41. The molecule has 1 N–H and O–H groups in total. The highest BCUT2D eigenvalue weighted by Crippen LogP contribution is 2.14. The Hall–Kier alpha value is -0.740. The van der Waals surface area contributed by atoms with E-state index >= 15 is 0 Å². The maximum absolute atomic E-state index is 11.6. The molecule has 0 atom stereocenters. The van der Waals surface area contributed by atoms with Crippen LogP contribution in [0.15, 0.2) is 24.3 Å². The second-order valence-electron chi connectivity index (χ2n) is 3.61. The molecular weight excluding hydrogens is 246 g/mol. The average molecular weight is 262 g/mol. The van der Waals surface area contributed by atoms with Gasteiger partial charge in [-0.25, -0.2) is 8.42 Å². The number of hydrogen-bond donors (Lipinski definition) is 1. The fraction of sp³-hybridized carbons (Fsp3) is 0.455. The first-order valence-electron chi connectivity index (χ1n) is 5.23. The highest BCUT2D eigenvalue weighted by Gasteiger charge is 2.09. The van der Waals surface area contributed by atoms with Crippen molar-refractivity contribution in [2.24, 2.45) is 0 Å². The molecule has 0 aliphatic carbocycles. The summed E-state index contributed by atoms with van der Waals surface area (Å²) in [7, 11) is -3.21. The third-order valence-corrected chi connectivity index (χ3v) is 3.80. The molecule has 0 aliphatic heterocycles. The zero-order chi connectivity index (χ0) is 12.0. The maximum atomic E-state index is 11.6. The van der Waals surface area contributed by atoms with E-state index in [1.807, 2.05) is 13.0 Å². The Kier molecular flexibility index (Phi) is 5.09. The molecule has 0 radical (unpaired) electrons. The molecule has 0 unspecified atom stereocenters. The average Bonchev–Trinajstić information content (AvgIpc) is 2.26. The number of nitrogens with one attached hydrogen (secondary N) is 1. The first-order chi connectivity index (χ1) is 7.57. The summed E-state index contributed by atoms with van der Waals surface area (Å²) >= 11 is 5.68. The highest BCUT2D eigenvalue weighted by molar-refractivity contribution is 7.92. The van der Waals surface area contributed by atoms with Crippen molar-refractivity contribution < 1.29 is 8.42 Å². The Balaban J connectivity index is 2.72. The van der Waals surface area contributed by atoms with Crippen molar-refractivity contribution in [1.29, 1.82) is 0 Å². The molecule has 1 aromatic rings. The molecular formula is C11H16ClNO2S. The maximum Gasteiger partial charge on any atom is 0.232 e. The summed E-state index contributed by atoms with van der Waals surface area (Å²) in [6.45, 7) is 1.96. The van der Waals surface area contributed by atoms with E-state index in [1.54, 1.807) is 18.2 Å². The molecule has 0 bridgehead atoms. The summed E-state index contributed by atoms with van der Waals surface area (Å²) in [5.74, 6) is 0.541. The number of sulfonamides is 1. The molecule has 0 aliphatic rings. The molecule has 0 fully saturated rings. The van der Waals surface area contributed by atoms with E-state index < -0.39 is 10.0 Å². The van der Waals surface area contributed by atoms with Gasteiger partial charge in [-0.2, -0.15) is 0 Å². The summed E-state index contributed by atoms with van der Waals surface area (Å²) in [6, 6.07) is 7.11. The van der Waals surface area contributed by atoms with Gasteiger partial charge in [0.2, 0.25) is 10.0 Å². The molecule has 5 heteroatoms. The Labute approximate surface area is 102 Å². The predicted octanol–water partition coefficient (Wildman–Crippen LogP) is 2.97. The lowest BCUT2D eigenvalue weighted by atomic mass is 10.2. The Bertz CT molecular complexity index is 431. The monoisotopic (exact) mass is 261 g/mol. The van der Waals surface area contributed by atoms with Gasteiger partial charge in [0, 0.05) is 11.6 Å². The minimum absolute atomic E-state index is 0.161. The number of unbranched alkanes of at least 4 members (excludes halogenated alkanes) is 1. The van der Waals surface area contributed by atoms with E-state index in [0.29, 0.717) is 18.0 Å². The van der Waals surface area contributed by atoms with Crippen molar-refractivity contribution in [2.75, 3.05) is 10.5 Å². The van der Waals surface area contributed by atoms with Gasteiger partial charge in [0.05, 0.1) is 5.75 Å². The van der Waals surface area contributed by atoms with Crippen molar-refractivity contribution in [3.05, 3.63) is 29.8 Å². The summed E-state index contributed by atoms with van der Waals surface area (Å²) in [4.78, 5) is 0. The number of alkyl halides is 1. The first kappa shape index (κ1) is 13.3. The third-order valence-electron chi connectivity index (χ3n) is 2.12. The Morgan fingerprint density at radius 1 is 1.38 bits per heavy atom. The van der Waals surface area contributed by atoms with E-state index in [9.17, 15) is 8.42 Å². The van der Waals surface area contributed by atoms with Crippen molar-refractivity contribution in [1.82, 2.24) is 0 Å². The van der Waals surface area contributed by atoms with Crippen LogP contribution in [0.5, 0.6) is 0 Å². The molecule has 0 saturated heterocycles. The number of anilines is 1. The van der Waals surface area contributed by atoms with Gasteiger partial charge in [-0.3, -0.25) is 4.72 Å². The summed E-state index contributed by atoms with van der Waals surface area (Å²) in [6.07, 6.45) is 1.53. The van der Waals surface area contributed by atoms with Gasteiger partial charge in [0.1, 0.15) is 0 Å². The van der Waals surface area contributed by atoms with Gasteiger partial charge in [-0.1, -0.05) is 25.5 Å². The second-order valence-corrected chi connectivity index (χ2v) is 5.72. The molecule has 1 rings (SSSR count). The highest BCUT2D eigenvalue weighted by atomic mass is 35.5. The van der Waals surface area contributed by atoms with Crippen LogP contribution < -0.4 is 4.72 Å². The molecule has 16 heavy (non-hydrogen) atoms. The van der Waals surface area contributed by atoms with E-state index in [2.05, 4.69) is 4.72 Å². The van der Waals surface area contributed by atoms with E-state index in [0.717, 1.165) is 12.0 Å². The topological polar surface area (TPSA) is 46.2 Å². The Morgan fingerprint density at radius 2 is 2.12 bits per heavy atom. The zero-order valence-corrected chi connectivity index (χ0v) is 10.8. The van der Waals surface area contributed by atoms with Crippen molar-refractivity contribution in [3.63, 3.8) is 0 Å². The lowest BCUT2D eigenvalue weighted by molar-refractivity contribution is 0.598. The van der Waals surface area contributed by atoms with Gasteiger partial charge in [0.25, 0.3) is 0 Å². The van der Waals surface area contributed by atoms with Crippen LogP contribution in [-0.2, 0) is 15.9 Å². The van der Waals surface area contributed by atoms with Crippen molar-refractivity contribution in [3.8, 4) is 0 Å². The van der Waals surface area contributed by atoms with Gasteiger partial charge in [0.15, 0.2) is 0 Å². The lowest BCUT2D eigenvalue weighted by Crippen LogP contribution is -2.16. The fourth-order valence-electron chi connectivity index (χ4n) is 1.28. The molecule has 0 saturated carbocycles. The van der Waals surface area contributed by atoms with Gasteiger partial charge >= 0.3 is 0 Å². The van der Waals surface area contributed by atoms with Crippen LogP contribution in [0.4, 0.5) is 5.69 Å². The first-order valence-corrected chi connectivity index (χ1v) is 7.41. The van der Waals surface area contributed by atoms with E-state index in [-0.39, 0.29) is 5.75 Å². The molecule has 1 aromatic carbocycles. The van der Waals surface area contributed by atoms with Crippen LogP contribution in [0.2, 0.25) is 0 Å². The summed E-state index contributed by atoms with van der Waals surface area (Å²) in [5, 5.41) is 0. The van der Waals surface area contributed by atoms with Crippen molar-refractivity contribution >= 4 is 27.3 Å². The van der Waals surface area contributed by atoms with Crippen LogP contribution in [0, 0.1) is 0 Å². The number of halogens is 1. The number of rotatable bonds is 6. The molecule has 3 nitrogen and oxygen atoms in total. The minimum atomic E-state index is -3.21. The smallest absolute Gasteiger partial charge is 0.232 e. The van der Waals surface area contributed by atoms with Gasteiger partial charge in [-0.15, -0.1) is 11.6 Å². The lowest BCUT2D eigenvalue weighted by Gasteiger charge is -2.08. The van der Waals surface area contributed by atoms with Gasteiger partial charge in [-0.05, 0) is 24.1 Å². The largest absolute Gasteiger partial charge is 0.284 e. The van der Waals surface area contributed by atoms with Crippen molar-refractivity contribution in [2.45, 2.75) is 25.6 Å². The standard InChI is InChI=1S/C11H16ClNO2S/c1-2-3-7-16(14,15)13-11-6-4-5-10(8-11)9-12/h4-6,8,13H,2-3,7,9H2,1H3. The summed E-state index contributed by atoms with van der Waals surface area (Å²) in [5.41, 5.74) is 1.48. The van der Waals surface area contributed by atoms with E-state index in [1.165, 1.54) is 0 Å². The zero-order valence-electron chi connectivity index (χ0n) is 9.24.